The Morgan fingerprint density at radius 3 is 2.83 bits per heavy atom. The third kappa shape index (κ3) is 1.52. The lowest BCUT2D eigenvalue weighted by Crippen LogP contribution is -1.95. The number of halogens is 1. The van der Waals surface area contributed by atoms with Crippen LogP contribution in [0.25, 0.3) is 22.6 Å². The monoisotopic (exact) mass is 242 g/mol. The summed E-state index contributed by atoms with van der Waals surface area (Å²) >= 11 is 0. The lowest BCUT2D eigenvalue weighted by molar-refractivity contribution is 0.632. The normalized spacial score (nSPS) is 11.0. The van der Waals surface area contributed by atoms with Crippen molar-refractivity contribution in [3.8, 4) is 11.4 Å². The highest BCUT2D eigenvalue weighted by Gasteiger charge is 2.11. The highest BCUT2D eigenvalue weighted by molar-refractivity contribution is 5.77. The van der Waals surface area contributed by atoms with Crippen LogP contribution in [0.5, 0.6) is 0 Å². The number of imidazole rings is 1. The third-order valence-electron chi connectivity index (χ3n) is 2.92. The molecule has 18 heavy (non-hydrogen) atoms. The fraction of sp³-hybridized carbons (Fsp3) is 0.0769. The van der Waals surface area contributed by atoms with Crippen LogP contribution in [-0.2, 0) is 7.05 Å². The van der Waals surface area contributed by atoms with Gasteiger partial charge in [0.1, 0.15) is 11.6 Å². The molecule has 0 bridgehead atoms. The summed E-state index contributed by atoms with van der Waals surface area (Å²) in [6.07, 6.45) is 1.68. The van der Waals surface area contributed by atoms with E-state index in [2.05, 4.69) is 9.97 Å². The topological polar surface area (TPSA) is 56.7 Å². The lowest BCUT2D eigenvalue weighted by atomic mass is 10.2. The molecule has 1 aromatic carbocycles. The average molecular weight is 242 g/mol. The Labute approximate surface area is 103 Å². The molecule has 2 aromatic heterocycles. The number of hydrogen-bond acceptors (Lipinski definition) is 3. The highest BCUT2D eigenvalue weighted by Crippen LogP contribution is 2.24. The molecule has 0 amide bonds. The third-order valence-corrected chi connectivity index (χ3v) is 2.92. The fourth-order valence-corrected chi connectivity index (χ4v) is 1.95. The molecular formula is C13H11FN4. The molecule has 0 spiro atoms. The number of nitrogens with two attached hydrogens (primary N) is 1. The molecule has 0 fully saturated rings. The fourth-order valence-electron chi connectivity index (χ4n) is 1.95. The van der Waals surface area contributed by atoms with Crippen LogP contribution in [0.3, 0.4) is 0 Å². The maximum atomic E-state index is 13.5. The van der Waals surface area contributed by atoms with Gasteiger partial charge in [-0.3, -0.25) is 0 Å². The number of nitrogens with zero attached hydrogens (tertiary/aromatic N) is 3. The number of hydrogen-bond donors (Lipinski definition) is 1. The number of aryl methyl sites for hydroxylation is 1. The molecule has 0 aliphatic carbocycles. The van der Waals surface area contributed by atoms with E-state index in [0.717, 1.165) is 5.52 Å². The van der Waals surface area contributed by atoms with Crippen LogP contribution in [0.15, 0.2) is 36.5 Å². The molecule has 0 unspecified atom stereocenters. The molecule has 2 N–H and O–H groups in total. The zero-order chi connectivity index (χ0) is 12.7. The van der Waals surface area contributed by atoms with E-state index in [4.69, 9.17) is 5.73 Å². The Kier molecular flexibility index (Phi) is 2.26. The van der Waals surface area contributed by atoms with Crippen LogP contribution in [0.2, 0.25) is 0 Å². The van der Waals surface area contributed by atoms with Crippen molar-refractivity contribution in [2.75, 3.05) is 5.73 Å². The number of nitrogen functional groups attached to an aromatic ring is 1. The maximum absolute atomic E-state index is 13.5. The molecule has 5 heteroatoms. The molecule has 0 atom stereocenters. The van der Waals surface area contributed by atoms with Gasteiger partial charge in [-0.1, -0.05) is 0 Å². The Balaban J connectivity index is 2.25. The number of anilines is 1. The second-order valence-corrected chi connectivity index (χ2v) is 4.08. The van der Waals surface area contributed by atoms with Crippen LogP contribution < -0.4 is 5.73 Å². The lowest BCUT2D eigenvalue weighted by Gasteiger charge is -2.03. The summed E-state index contributed by atoms with van der Waals surface area (Å²) in [5.41, 5.74) is 7.84. The van der Waals surface area contributed by atoms with Gasteiger partial charge in [0, 0.05) is 18.8 Å². The first-order chi connectivity index (χ1) is 8.66. The minimum Gasteiger partial charge on any atom is -0.396 e. The largest absolute Gasteiger partial charge is 0.396 e. The van der Waals surface area contributed by atoms with Gasteiger partial charge in [-0.25, -0.2) is 14.4 Å². The zero-order valence-electron chi connectivity index (χ0n) is 9.76. The summed E-state index contributed by atoms with van der Waals surface area (Å²) in [6.45, 7) is 0. The predicted molar refractivity (Wildman–Crippen MR) is 68.3 cm³/mol. The van der Waals surface area contributed by atoms with Gasteiger partial charge in [0.15, 0.2) is 5.65 Å². The van der Waals surface area contributed by atoms with Crippen molar-refractivity contribution < 1.29 is 4.39 Å². The van der Waals surface area contributed by atoms with Gasteiger partial charge in [-0.05, 0) is 30.3 Å². The minimum atomic E-state index is -0.437. The van der Waals surface area contributed by atoms with Crippen molar-refractivity contribution in [1.82, 2.24) is 14.5 Å². The molecule has 4 nitrogen and oxygen atoms in total. The number of pyridine rings is 1. The van der Waals surface area contributed by atoms with E-state index >= 15 is 0 Å². The highest BCUT2D eigenvalue weighted by atomic mass is 19.1. The van der Waals surface area contributed by atoms with Gasteiger partial charge in [0.05, 0.1) is 11.2 Å². The van der Waals surface area contributed by atoms with E-state index in [1.54, 1.807) is 12.3 Å². The number of aromatic nitrogens is 3. The molecule has 0 aliphatic rings. The van der Waals surface area contributed by atoms with E-state index < -0.39 is 5.82 Å². The summed E-state index contributed by atoms with van der Waals surface area (Å²) in [5, 5.41) is 0. The second-order valence-electron chi connectivity index (χ2n) is 4.08. The van der Waals surface area contributed by atoms with Crippen molar-refractivity contribution in [3.63, 3.8) is 0 Å². The van der Waals surface area contributed by atoms with E-state index in [9.17, 15) is 4.39 Å². The van der Waals surface area contributed by atoms with Crippen LogP contribution in [0.1, 0.15) is 0 Å². The molecule has 3 aromatic rings. The van der Waals surface area contributed by atoms with Crippen LogP contribution in [0, 0.1) is 5.82 Å². The maximum Gasteiger partial charge on any atom is 0.178 e. The van der Waals surface area contributed by atoms with Crippen molar-refractivity contribution in [2.24, 2.45) is 7.05 Å². The number of rotatable bonds is 1. The van der Waals surface area contributed by atoms with E-state index in [-0.39, 0.29) is 5.69 Å². The summed E-state index contributed by atoms with van der Waals surface area (Å²) in [7, 11) is 1.88. The molecule has 0 saturated heterocycles. The van der Waals surface area contributed by atoms with E-state index in [1.807, 2.05) is 23.7 Å². The van der Waals surface area contributed by atoms with E-state index in [0.29, 0.717) is 17.0 Å². The predicted octanol–water partition coefficient (Wildman–Crippen LogP) is 2.36. The SMILES string of the molecule is Cn1c(-c2ccc(N)c(F)c2)nc2ncccc21. The molecule has 0 radical (unpaired) electrons. The Bertz CT molecular complexity index is 733. The molecular weight excluding hydrogens is 231 g/mol. The quantitative estimate of drug-likeness (QED) is 0.666. The Morgan fingerprint density at radius 1 is 1.28 bits per heavy atom. The Hall–Kier alpha value is -2.43. The summed E-state index contributed by atoms with van der Waals surface area (Å²) < 4.78 is 15.4. The number of fused-ring (bicyclic) bond motifs is 1. The van der Waals surface area contributed by atoms with Gasteiger partial charge in [-0.2, -0.15) is 0 Å². The average Bonchev–Trinajstić information content (AvgIpc) is 2.71. The molecule has 2 heterocycles. The number of benzene rings is 1. The van der Waals surface area contributed by atoms with E-state index in [1.165, 1.54) is 12.1 Å². The van der Waals surface area contributed by atoms with Gasteiger partial charge < -0.3 is 10.3 Å². The van der Waals surface area contributed by atoms with Crippen LogP contribution in [0.4, 0.5) is 10.1 Å². The summed E-state index contributed by atoms with van der Waals surface area (Å²) in [4.78, 5) is 8.58. The first-order valence-electron chi connectivity index (χ1n) is 5.49. The smallest absolute Gasteiger partial charge is 0.178 e. The van der Waals surface area contributed by atoms with Crippen molar-refractivity contribution in [3.05, 3.63) is 42.3 Å². The van der Waals surface area contributed by atoms with Gasteiger partial charge in [-0.15, -0.1) is 0 Å². The van der Waals surface area contributed by atoms with Crippen molar-refractivity contribution in [2.45, 2.75) is 0 Å². The summed E-state index contributed by atoms with van der Waals surface area (Å²) in [5.74, 6) is 0.232. The first kappa shape index (κ1) is 10.7. The Morgan fingerprint density at radius 2 is 2.11 bits per heavy atom. The van der Waals surface area contributed by atoms with Gasteiger partial charge >= 0.3 is 0 Å². The zero-order valence-corrected chi connectivity index (χ0v) is 9.76. The van der Waals surface area contributed by atoms with Crippen LogP contribution >= 0.6 is 0 Å². The summed E-state index contributed by atoms with van der Waals surface area (Å²) in [6, 6.07) is 8.44. The van der Waals surface area contributed by atoms with Crippen molar-refractivity contribution in [1.29, 1.82) is 0 Å². The van der Waals surface area contributed by atoms with Gasteiger partial charge in [0.2, 0.25) is 0 Å². The standard InChI is InChI=1S/C13H11FN4/c1-18-11-3-2-6-16-12(11)17-13(18)8-4-5-10(15)9(14)7-8/h2-7H,15H2,1H3. The van der Waals surface area contributed by atoms with Crippen LogP contribution in [-0.4, -0.2) is 14.5 Å². The molecule has 3 rings (SSSR count). The van der Waals surface area contributed by atoms with Gasteiger partial charge in [0.25, 0.3) is 0 Å². The van der Waals surface area contributed by atoms with Crippen molar-refractivity contribution >= 4 is 16.9 Å². The minimum absolute atomic E-state index is 0.135. The second kappa shape index (κ2) is 3.80. The molecule has 0 saturated carbocycles. The molecule has 90 valence electrons. The molecule has 0 aliphatic heterocycles. The first-order valence-corrected chi connectivity index (χ1v) is 5.49.